The minimum absolute atomic E-state index is 0. The van der Waals surface area contributed by atoms with Crippen molar-refractivity contribution in [2.75, 3.05) is 13.1 Å². The summed E-state index contributed by atoms with van der Waals surface area (Å²) in [5.74, 6) is -0.392. The van der Waals surface area contributed by atoms with Crippen LogP contribution in [0.15, 0.2) is 12.1 Å². The molecule has 25 heavy (non-hydrogen) atoms. The lowest BCUT2D eigenvalue weighted by atomic mass is 10.1. The van der Waals surface area contributed by atoms with E-state index >= 15 is 0 Å². The quantitative estimate of drug-likeness (QED) is 0.603. The molecule has 142 valence electrons. The minimum atomic E-state index is -4.50. The van der Waals surface area contributed by atoms with E-state index in [1.54, 1.807) is 0 Å². The van der Waals surface area contributed by atoms with Gasteiger partial charge >= 0.3 is 6.18 Å². The van der Waals surface area contributed by atoms with E-state index in [1.165, 1.54) is 38.7 Å². The van der Waals surface area contributed by atoms with Gasteiger partial charge in [-0.1, -0.05) is 25.7 Å². The van der Waals surface area contributed by atoms with E-state index in [2.05, 4.69) is 15.6 Å². The second-order valence-electron chi connectivity index (χ2n) is 6.23. The zero-order valence-corrected chi connectivity index (χ0v) is 15.1. The maximum Gasteiger partial charge on any atom is 0.433 e. The van der Waals surface area contributed by atoms with Crippen LogP contribution in [0.4, 0.5) is 13.2 Å². The molecule has 8 heteroatoms. The predicted molar refractivity (Wildman–Crippen MR) is 93.0 cm³/mol. The van der Waals surface area contributed by atoms with Gasteiger partial charge in [-0.2, -0.15) is 13.2 Å². The van der Waals surface area contributed by atoms with Crippen molar-refractivity contribution in [2.45, 2.75) is 57.7 Å². The maximum absolute atomic E-state index is 12.6. The lowest BCUT2D eigenvalue weighted by Gasteiger charge is -2.16. The lowest BCUT2D eigenvalue weighted by molar-refractivity contribution is -0.141. The number of rotatable bonds is 5. The number of nitrogens with one attached hydrogen (secondary N) is 2. The van der Waals surface area contributed by atoms with Gasteiger partial charge in [-0.05, 0) is 31.9 Å². The molecule has 0 aliphatic heterocycles. The Labute approximate surface area is 152 Å². The van der Waals surface area contributed by atoms with Gasteiger partial charge in [0, 0.05) is 19.1 Å². The van der Waals surface area contributed by atoms with E-state index in [9.17, 15) is 18.0 Å². The Morgan fingerprint density at radius 3 is 2.36 bits per heavy atom. The highest BCUT2D eigenvalue weighted by Crippen LogP contribution is 2.28. The van der Waals surface area contributed by atoms with Crippen LogP contribution >= 0.6 is 12.4 Å². The van der Waals surface area contributed by atoms with Crippen molar-refractivity contribution >= 4 is 18.3 Å². The minimum Gasteiger partial charge on any atom is -0.351 e. The third-order valence-corrected chi connectivity index (χ3v) is 4.32. The molecular weight excluding hydrogens is 355 g/mol. The number of halogens is 4. The van der Waals surface area contributed by atoms with Crippen molar-refractivity contribution in [1.29, 1.82) is 0 Å². The van der Waals surface area contributed by atoms with Gasteiger partial charge in [0.15, 0.2) is 0 Å². The number of amides is 1. The molecule has 0 atom stereocenters. The third kappa shape index (κ3) is 6.82. The number of aromatic nitrogens is 1. The molecule has 1 aromatic heterocycles. The molecule has 1 amide bonds. The summed E-state index contributed by atoms with van der Waals surface area (Å²) in [4.78, 5) is 15.5. The van der Waals surface area contributed by atoms with E-state index in [0.717, 1.165) is 18.9 Å². The molecule has 2 rings (SSSR count). The van der Waals surface area contributed by atoms with E-state index in [1.807, 2.05) is 0 Å². The molecule has 0 spiro atoms. The van der Waals surface area contributed by atoms with Crippen LogP contribution in [0.2, 0.25) is 0 Å². The van der Waals surface area contributed by atoms with Crippen LogP contribution in [-0.4, -0.2) is 30.0 Å². The summed E-state index contributed by atoms with van der Waals surface area (Å²) in [6, 6.07) is 2.52. The number of hydrogen-bond acceptors (Lipinski definition) is 3. The average molecular weight is 380 g/mol. The van der Waals surface area contributed by atoms with Crippen LogP contribution in [0.1, 0.15) is 60.3 Å². The maximum atomic E-state index is 12.6. The van der Waals surface area contributed by atoms with Gasteiger partial charge in [0.05, 0.1) is 11.3 Å². The Morgan fingerprint density at radius 1 is 1.16 bits per heavy atom. The molecular formula is C17H25ClF3N3O. The number of carbonyl (C=O) groups excluding carboxylic acids is 1. The van der Waals surface area contributed by atoms with Gasteiger partial charge in [-0.3, -0.25) is 4.79 Å². The van der Waals surface area contributed by atoms with Crippen LogP contribution in [0.3, 0.4) is 0 Å². The highest BCUT2D eigenvalue weighted by molar-refractivity contribution is 5.95. The average Bonchev–Trinajstić information content (AvgIpc) is 2.79. The summed E-state index contributed by atoms with van der Waals surface area (Å²) in [5, 5.41) is 6.16. The van der Waals surface area contributed by atoms with E-state index < -0.39 is 17.8 Å². The molecule has 1 fully saturated rings. The molecule has 1 saturated carbocycles. The first-order chi connectivity index (χ1) is 11.4. The summed E-state index contributed by atoms with van der Waals surface area (Å²) in [7, 11) is 0. The molecule has 0 bridgehead atoms. The third-order valence-electron chi connectivity index (χ3n) is 4.32. The number of carbonyl (C=O) groups is 1. The number of pyridine rings is 1. The molecule has 0 unspecified atom stereocenters. The summed E-state index contributed by atoms with van der Waals surface area (Å²) in [5.41, 5.74) is -0.719. The number of nitrogens with zero attached hydrogens (tertiary/aromatic N) is 1. The van der Waals surface area contributed by atoms with Crippen molar-refractivity contribution in [2.24, 2.45) is 0 Å². The number of aryl methyl sites for hydroxylation is 1. The van der Waals surface area contributed by atoms with Gasteiger partial charge in [0.1, 0.15) is 5.69 Å². The van der Waals surface area contributed by atoms with Crippen LogP contribution < -0.4 is 10.6 Å². The molecule has 4 nitrogen and oxygen atoms in total. The Morgan fingerprint density at radius 2 is 1.80 bits per heavy atom. The first-order valence-electron chi connectivity index (χ1n) is 8.44. The SMILES string of the molecule is Cc1nc(C(F)(F)F)ccc1C(=O)NCCNC1CCCCCC1.Cl. The molecule has 1 aliphatic carbocycles. The van der Waals surface area contributed by atoms with Gasteiger partial charge in [-0.25, -0.2) is 4.98 Å². The normalized spacial score (nSPS) is 16.0. The van der Waals surface area contributed by atoms with Crippen molar-refractivity contribution in [3.8, 4) is 0 Å². The Hall–Kier alpha value is -1.34. The summed E-state index contributed by atoms with van der Waals surface area (Å²) < 4.78 is 37.8. The van der Waals surface area contributed by atoms with Gasteiger partial charge in [-0.15, -0.1) is 12.4 Å². The zero-order valence-electron chi connectivity index (χ0n) is 14.3. The van der Waals surface area contributed by atoms with Crippen molar-refractivity contribution in [1.82, 2.24) is 15.6 Å². The Kier molecular flexibility index (Phi) is 8.65. The molecule has 1 heterocycles. The predicted octanol–water partition coefficient (Wildman–Crippen LogP) is 3.87. The standard InChI is InChI=1S/C17H24F3N3O.ClH/c1-12-14(8-9-15(23-12)17(18,19)20)16(24)22-11-10-21-13-6-4-2-3-5-7-13;/h8-9,13,21H,2-7,10-11H2,1H3,(H,22,24);1H. The second kappa shape index (κ2) is 9.97. The van der Waals surface area contributed by atoms with Crippen LogP contribution in [0.25, 0.3) is 0 Å². The molecule has 2 N–H and O–H groups in total. The monoisotopic (exact) mass is 379 g/mol. The Bertz CT molecular complexity index is 559. The topological polar surface area (TPSA) is 54.0 Å². The highest BCUT2D eigenvalue weighted by atomic mass is 35.5. The summed E-state index contributed by atoms with van der Waals surface area (Å²) in [6.45, 7) is 2.51. The molecule has 0 aromatic carbocycles. The van der Waals surface area contributed by atoms with Crippen molar-refractivity contribution in [3.63, 3.8) is 0 Å². The fourth-order valence-corrected chi connectivity index (χ4v) is 2.99. The van der Waals surface area contributed by atoms with Crippen LogP contribution in [0.5, 0.6) is 0 Å². The molecule has 1 aliphatic rings. The summed E-state index contributed by atoms with van der Waals surface area (Å²) in [6.07, 6.45) is 2.87. The van der Waals surface area contributed by atoms with Gasteiger partial charge < -0.3 is 10.6 Å². The first-order valence-corrected chi connectivity index (χ1v) is 8.44. The van der Waals surface area contributed by atoms with Gasteiger partial charge in [0.2, 0.25) is 0 Å². The first kappa shape index (κ1) is 21.7. The largest absolute Gasteiger partial charge is 0.433 e. The number of hydrogen-bond donors (Lipinski definition) is 2. The smallest absolute Gasteiger partial charge is 0.351 e. The zero-order chi connectivity index (χ0) is 17.6. The lowest BCUT2D eigenvalue weighted by Crippen LogP contribution is -2.37. The molecule has 0 radical (unpaired) electrons. The second-order valence-corrected chi connectivity index (χ2v) is 6.23. The molecule has 1 aromatic rings. The Balaban J connectivity index is 0.00000312. The van der Waals surface area contributed by atoms with Crippen LogP contribution in [-0.2, 0) is 6.18 Å². The van der Waals surface area contributed by atoms with E-state index in [0.29, 0.717) is 19.1 Å². The number of alkyl halides is 3. The van der Waals surface area contributed by atoms with Crippen molar-refractivity contribution < 1.29 is 18.0 Å². The van der Waals surface area contributed by atoms with Crippen LogP contribution in [0, 0.1) is 6.92 Å². The van der Waals surface area contributed by atoms with E-state index in [-0.39, 0.29) is 23.7 Å². The van der Waals surface area contributed by atoms with E-state index in [4.69, 9.17) is 0 Å². The summed E-state index contributed by atoms with van der Waals surface area (Å²) >= 11 is 0. The molecule has 0 saturated heterocycles. The highest BCUT2D eigenvalue weighted by Gasteiger charge is 2.33. The fourth-order valence-electron chi connectivity index (χ4n) is 2.99. The van der Waals surface area contributed by atoms with Crippen molar-refractivity contribution in [3.05, 3.63) is 29.1 Å². The fraction of sp³-hybridized carbons (Fsp3) is 0.647. The van der Waals surface area contributed by atoms with Gasteiger partial charge in [0.25, 0.3) is 5.91 Å².